The van der Waals surface area contributed by atoms with E-state index in [-0.39, 0.29) is 23.7 Å². The first kappa shape index (κ1) is 18.0. The summed E-state index contributed by atoms with van der Waals surface area (Å²) >= 11 is 0. The molecule has 1 amide bonds. The molecule has 3 aliphatic heterocycles. The molecule has 0 aromatic heterocycles. The Balaban J connectivity index is 1.59. The van der Waals surface area contributed by atoms with Gasteiger partial charge >= 0.3 is 5.97 Å². The molecule has 0 aliphatic carbocycles. The summed E-state index contributed by atoms with van der Waals surface area (Å²) in [5.41, 5.74) is -0.306. The van der Waals surface area contributed by atoms with Crippen LogP contribution in [-0.2, 0) is 19.1 Å². The maximum absolute atomic E-state index is 12.9. The summed E-state index contributed by atoms with van der Waals surface area (Å²) in [5.74, 6) is -1.63. The fourth-order valence-electron chi connectivity index (χ4n) is 4.11. The van der Waals surface area contributed by atoms with E-state index in [0.29, 0.717) is 32.1 Å². The third-order valence-corrected chi connectivity index (χ3v) is 5.21. The minimum atomic E-state index is -0.920. The lowest BCUT2D eigenvalue weighted by Gasteiger charge is -2.40. The number of amides is 1. The first-order valence-corrected chi connectivity index (χ1v) is 8.97. The highest BCUT2D eigenvalue weighted by atomic mass is 16.5. The second kappa shape index (κ2) is 6.52. The molecular formula is C18H28N2O5. The second-order valence-corrected chi connectivity index (χ2v) is 8.10. The van der Waals surface area contributed by atoms with Crippen molar-refractivity contribution in [3.63, 3.8) is 0 Å². The van der Waals surface area contributed by atoms with Crippen LogP contribution in [0, 0.1) is 11.8 Å². The molecule has 3 rings (SSSR count). The van der Waals surface area contributed by atoms with Crippen molar-refractivity contribution in [3.8, 4) is 0 Å². The Morgan fingerprint density at radius 2 is 1.56 bits per heavy atom. The van der Waals surface area contributed by atoms with Crippen molar-refractivity contribution in [1.29, 1.82) is 0 Å². The number of piperazine rings is 1. The summed E-state index contributed by atoms with van der Waals surface area (Å²) in [6, 6.07) is 0. The summed E-state index contributed by atoms with van der Waals surface area (Å²) in [6.07, 6.45) is 0.970. The molecule has 0 radical (unpaired) electrons. The van der Waals surface area contributed by atoms with Gasteiger partial charge in [-0.3, -0.25) is 9.59 Å². The van der Waals surface area contributed by atoms with E-state index in [0.717, 1.165) is 12.8 Å². The molecule has 3 saturated heterocycles. The Morgan fingerprint density at radius 3 is 2.08 bits per heavy atom. The molecule has 3 heterocycles. The Bertz CT molecular complexity index is 562. The minimum absolute atomic E-state index is 0.0819. The maximum Gasteiger partial charge on any atom is 0.310 e. The Labute approximate surface area is 148 Å². The number of hydrogen-bond donors (Lipinski definition) is 1. The van der Waals surface area contributed by atoms with Crippen LogP contribution in [0.3, 0.4) is 0 Å². The van der Waals surface area contributed by atoms with E-state index < -0.39 is 17.8 Å². The van der Waals surface area contributed by atoms with Crippen molar-refractivity contribution in [1.82, 2.24) is 9.80 Å². The molecule has 2 bridgehead atoms. The fraction of sp³-hybridized carbons (Fsp3) is 0.778. The van der Waals surface area contributed by atoms with Gasteiger partial charge < -0.3 is 24.4 Å². The highest BCUT2D eigenvalue weighted by Crippen LogP contribution is 2.44. The van der Waals surface area contributed by atoms with Gasteiger partial charge in [0.05, 0.1) is 24.0 Å². The number of nitrogens with zero attached hydrogens (tertiary/aromatic N) is 2. The zero-order valence-electron chi connectivity index (χ0n) is 15.2. The van der Waals surface area contributed by atoms with Gasteiger partial charge in [-0.1, -0.05) is 0 Å². The topological polar surface area (TPSA) is 79.3 Å². The number of rotatable bonds is 4. The van der Waals surface area contributed by atoms with Crippen LogP contribution in [0.25, 0.3) is 0 Å². The van der Waals surface area contributed by atoms with E-state index >= 15 is 0 Å². The van der Waals surface area contributed by atoms with Gasteiger partial charge in [-0.2, -0.15) is 0 Å². The second-order valence-electron chi connectivity index (χ2n) is 8.10. The molecular weight excluding hydrogens is 324 g/mol. The summed E-state index contributed by atoms with van der Waals surface area (Å²) < 4.78 is 11.5. The normalized spacial score (nSPS) is 32.0. The quantitative estimate of drug-likeness (QED) is 0.768. The highest BCUT2D eigenvalue weighted by molar-refractivity contribution is 5.86. The van der Waals surface area contributed by atoms with Gasteiger partial charge in [-0.25, -0.2) is 0 Å². The first-order chi connectivity index (χ1) is 11.7. The molecule has 7 nitrogen and oxygen atoms in total. The van der Waals surface area contributed by atoms with E-state index in [1.807, 2.05) is 25.7 Å². The molecule has 3 aliphatic rings. The van der Waals surface area contributed by atoms with E-state index in [9.17, 15) is 14.7 Å². The average molecular weight is 352 g/mol. The standard InChI is InChI=1S/C18H28N2O5/c1-11(25-18(2,3)4)19-7-9-20(10-8-19)16(21)14-12-5-6-13(24-12)15(14)17(22)23/h12-15H,1,5-10H2,2-4H3,(H,22,23)/t12-,13+,14?,15?/m0/s1. The average Bonchev–Trinajstić information content (AvgIpc) is 3.13. The zero-order valence-corrected chi connectivity index (χ0v) is 15.2. The van der Waals surface area contributed by atoms with Crippen LogP contribution in [-0.4, -0.2) is 70.8 Å². The van der Waals surface area contributed by atoms with Crippen molar-refractivity contribution in [2.24, 2.45) is 11.8 Å². The third kappa shape index (κ3) is 3.61. The van der Waals surface area contributed by atoms with Crippen molar-refractivity contribution in [3.05, 3.63) is 12.5 Å². The molecule has 3 fully saturated rings. The summed E-state index contributed by atoms with van der Waals surface area (Å²) in [5, 5.41) is 9.49. The molecule has 140 valence electrons. The first-order valence-electron chi connectivity index (χ1n) is 8.97. The smallest absolute Gasteiger partial charge is 0.310 e. The lowest BCUT2D eigenvalue weighted by Crippen LogP contribution is -2.53. The number of aliphatic carboxylic acids is 1. The predicted octanol–water partition coefficient (Wildman–Crippen LogP) is 1.30. The molecule has 25 heavy (non-hydrogen) atoms. The van der Waals surface area contributed by atoms with Gasteiger partial charge in [-0.05, 0) is 40.2 Å². The number of carbonyl (C=O) groups excluding carboxylic acids is 1. The van der Waals surface area contributed by atoms with Crippen LogP contribution in [0.5, 0.6) is 0 Å². The highest BCUT2D eigenvalue weighted by Gasteiger charge is 2.56. The van der Waals surface area contributed by atoms with Crippen molar-refractivity contribution < 1.29 is 24.2 Å². The number of hydrogen-bond acceptors (Lipinski definition) is 5. The molecule has 0 aromatic carbocycles. The van der Waals surface area contributed by atoms with E-state index in [1.54, 1.807) is 4.90 Å². The minimum Gasteiger partial charge on any atom is -0.481 e. The lowest BCUT2D eigenvalue weighted by atomic mass is 9.78. The lowest BCUT2D eigenvalue weighted by molar-refractivity contribution is -0.151. The Kier molecular flexibility index (Phi) is 4.70. The largest absolute Gasteiger partial charge is 0.481 e. The molecule has 0 saturated carbocycles. The van der Waals surface area contributed by atoms with Gasteiger partial charge in [0.15, 0.2) is 5.88 Å². The van der Waals surface area contributed by atoms with Crippen molar-refractivity contribution >= 4 is 11.9 Å². The fourth-order valence-corrected chi connectivity index (χ4v) is 4.11. The van der Waals surface area contributed by atoms with Gasteiger partial charge in [0, 0.05) is 26.2 Å². The van der Waals surface area contributed by atoms with Crippen LogP contribution in [0.2, 0.25) is 0 Å². The van der Waals surface area contributed by atoms with Crippen LogP contribution < -0.4 is 0 Å². The number of carboxylic acid groups (broad SMARTS) is 1. The number of ether oxygens (including phenoxy) is 2. The summed E-state index contributed by atoms with van der Waals surface area (Å²) in [4.78, 5) is 28.3. The summed E-state index contributed by atoms with van der Waals surface area (Å²) in [6.45, 7) is 12.3. The predicted molar refractivity (Wildman–Crippen MR) is 90.6 cm³/mol. The molecule has 0 aromatic rings. The number of fused-ring (bicyclic) bond motifs is 2. The van der Waals surface area contributed by atoms with Gasteiger partial charge in [0.2, 0.25) is 5.91 Å². The number of carboxylic acids is 1. The molecule has 0 spiro atoms. The van der Waals surface area contributed by atoms with Crippen LogP contribution in [0.15, 0.2) is 12.5 Å². The summed E-state index contributed by atoms with van der Waals surface area (Å²) in [7, 11) is 0. The van der Waals surface area contributed by atoms with Crippen LogP contribution in [0.4, 0.5) is 0 Å². The van der Waals surface area contributed by atoms with Crippen molar-refractivity contribution in [2.75, 3.05) is 26.2 Å². The van der Waals surface area contributed by atoms with E-state index in [2.05, 4.69) is 6.58 Å². The molecule has 1 N–H and O–H groups in total. The Morgan fingerprint density at radius 1 is 1.04 bits per heavy atom. The zero-order chi connectivity index (χ0) is 18.4. The van der Waals surface area contributed by atoms with Gasteiger partial charge in [-0.15, -0.1) is 0 Å². The van der Waals surface area contributed by atoms with Crippen LogP contribution >= 0.6 is 0 Å². The monoisotopic (exact) mass is 352 g/mol. The van der Waals surface area contributed by atoms with Crippen LogP contribution in [0.1, 0.15) is 33.6 Å². The van der Waals surface area contributed by atoms with E-state index in [1.165, 1.54) is 0 Å². The molecule has 7 heteroatoms. The van der Waals surface area contributed by atoms with Gasteiger partial charge in [0.1, 0.15) is 5.60 Å². The molecule has 4 atom stereocenters. The van der Waals surface area contributed by atoms with Crippen molar-refractivity contribution in [2.45, 2.75) is 51.4 Å². The van der Waals surface area contributed by atoms with Gasteiger partial charge in [0.25, 0.3) is 0 Å². The van der Waals surface area contributed by atoms with E-state index in [4.69, 9.17) is 9.47 Å². The maximum atomic E-state index is 12.9. The third-order valence-electron chi connectivity index (χ3n) is 5.21. The molecule has 2 unspecified atom stereocenters. The SMILES string of the molecule is C=C(OC(C)(C)C)N1CCN(C(=O)C2C(C(=O)O)[C@H]3CC[C@@H]2O3)CC1. The Hall–Kier alpha value is -1.76. The number of carbonyl (C=O) groups is 2.